The van der Waals surface area contributed by atoms with Crippen molar-refractivity contribution in [2.45, 2.75) is 6.54 Å². The lowest BCUT2D eigenvalue weighted by Crippen LogP contribution is -2.24. The average molecular weight is 332 g/mol. The summed E-state index contributed by atoms with van der Waals surface area (Å²) >= 11 is 1.24. The third kappa shape index (κ3) is 3.37. The summed E-state index contributed by atoms with van der Waals surface area (Å²) in [5, 5.41) is 4.55. The highest BCUT2D eigenvalue weighted by Gasteiger charge is 2.14. The normalized spacial score (nSPS) is 10.5. The maximum atomic E-state index is 13.5. The monoisotopic (exact) mass is 332 g/mol. The Labute approximate surface area is 134 Å². The summed E-state index contributed by atoms with van der Waals surface area (Å²) in [6, 6.07) is 3.54. The van der Waals surface area contributed by atoms with Crippen molar-refractivity contribution in [3.8, 4) is 10.7 Å². The number of benzene rings is 1. The van der Waals surface area contributed by atoms with Gasteiger partial charge in [0, 0.05) is 29.9 Å². The van der Waals surface area contributed by atoms with Crippen LogP contribution in [0.1, 0.15) is 16.1 Å². The van der Waals surface area contributed by atoms with E-state index >= 15 is 0 Å². The number of amides is 1. The highest BCUT2D eigenvalue weighted by Crippen LogP contribution is 2.20. The second-order valence-corrected chi connectivity index (χ2v) is 5.37. The van der Waals surface area contributed by atoms with Gasteiger partial charge in [-0.1, -0.05) is 6.07 Å². The zero-order chi connectivity index (χ0) is 16.2. The van der Waals surface area contributed by atoms with E-state index in [9.17, 15) is 13.6 Å². The van der Waals surface area contributed by atoms with E-state index in [0.29, 0.717) is 10.7 Å². The van der Waals surface area contributed by atoms with E-state index in [1.165, 1.54) is 36.0 Å². The van der Waals surface area contributed by atoms with E-state index in [2.05, 4.69) is 20.3 Å². The zero-order valence-corrected chi connectivity index (χ0v) is 12.5. The van der Waals surface area contributed by atoms with Gasteiger partial charge >= 0.3 is 0 Å². The smallest absolute Gasteiger partial charge is 0.271 e. The highest BCUT2D eigenvalue weighted by atomic mass is 32.1. The van der Waals surface area contributed by atoms with Crippen LogP contribution >= 0.6 is 11.3 Å². The van der Waals surface area contributed by atoms with E-state index in [1.54, 1.807) is 5.38 Å². The van der Waals surface area contributed by atoms with Crippen molar-refractivity contribution < 1.29 is 13.6 Å². The molecule has 2 aromatic heterocycles. The van der Waals surface area contributed by atoms with Crippen molar-refractivity contribution in [1.29, 1.82) is 0 Å². The molecule has 116 valence electrons. The lowest BCUT2D eigenvalue weighted by molar-refractivity contribution is 0.0946. The Bertz CT molecular complexity index is 818. The summed E-state index contributed by atoms with van der Waals surface area (Å²) in [6.07, 6.45) is 4.60. The van der Waals surface area contributed by atoms with Crippen molar-refractivity contribution in [1.82, 2.24) is 20.3 Å². The van der Waals surface area contributed by atoms with Gasteiger partial charge in [0.25, 0.3) is 5.91 Å². The minimum atomic E-state index is -0.705. The molecule has 0 fully saturated rings. The Morgan fingerprint density at radius 3 is 2.70 bits per heavy atom. The van der Waals surface area contributed by atoms with Crippen molar-refractivity contribution >= 4 is 17.2 Å². The van der Waals surface area contributed by atoms with Gasteiger partial charge in [-0.15, -0.1) is 11.3 Å². The molecule has 23 heavy (non-hydrogen) atoms. The maximum absolute atomic E-state index is 13.5. The Kier molecular flexibility index (Phi) is 4.33. The van der Waals surface area contributed by atoms with Gasteiger partial charge in [0.1, 0.15) is 28.0 Å². The fourth-order valence-electron chi connectivity index (χ4n) is 1.87. The number of aromatic nitrogens is 3. The van der Waals surface area contributed by atoms with E-state index in [0.717, 1.165) is 12.1 Å². The predicted molar refractivity (Wildman–Crippen MR) is 80.7 cm³/mol. The summed E-state index contributed by atoms with van der Waals surface area (Å²) in [5.41, 5.74) is 0.523. The quantitative estimate of drug-likeness (QED) is 0.798. The van der Waals surface area contributed by atoms with Gasteiger partial charge < -0.3 is 5.32 Å². The molecule has 1 aromatic carbocycles. The number of nitrogens with one attached hydrogen (secondary N) is 1. The van der Waals surface area contributed by atoms with E-state index in [-0.39, 0.29) is 17.8 Å². The molecule has 0 spiro atoms. The molecule has 0 saturated carbocycles. The van der Waals surface area contributed by atoms with Gasteiger partial charge in [0.15, 0.2) is 0 Å². The number of rotatable bonds is 4. The first-order valence-electron chi connectivity index (χ1n) is 6.58. The van der Waals surface area contributed by atoms with Crippen LogP contribution in [0.2, 0.25) is 0 Å². The molecule has 0 bridgehead atoms. The fraction of sp³-hybridized carbons (Fsp3) is 0.0667. The molecule has 0 aliphatic carbocycles. The molecule has 0 radical (unpaired) electrons. The Balaban J connectivity index is 1.71. The summed E-state index contributed by atoms with van der Waals surface area (Å²) in [4.78, 5) is 24.2. The Hall–Kier alpha value is -2.74. The first-order chi connectivity index (χ1) is 11.1. The van der Waals surface area contributed by atoms with Gasteiger partial charge in [-0.25, -0.2) is 13.8 Å². The molecular formula is C15H10F2N4OS. The average Bonchev–Trinajstić information content (AvgIpc) is 3.05. The maximum Gasteiger partial charge on any atom is 0.271 e. The number of hydrogen-bond donors (Lipinski definition) is 1. The van der Waals surface area contributed by atoms with Crippen LogP contribution in [0.4, 0.5) is 8.78 Å². The predicted octanol–water partition coefficient (Wildman–Crippen LogP) is 2.81. The topological polar surface area (TPSA) is 67.8 Å². The van der Waals surface area contributed by atoms with Gasteiger partial charge in [-0.05, 0) is 12.1 Å². The second kappa shape index (κ2) is 6.57. The summed E-state index contributed by atoms with van der Waals surface area (Å²) in [6.45, 7) is -0.255. The van der Waals surface area contributed by atoms with Gasteiger partial charge in [0.05, 0.1) is 6.20 Å². The minimum absolute atomic E-state index is 0.160. The third-order valence-electron chi connectivity index (χ3n) is 3.01. The van der Waals surface area contributed by atoms with Crippen molar-refractivity contribution in [2.75, 3.05) is 0 Å². The lowest BCUT2D eigenvalue weighted by Gasteiger charge is -2.05. The third-order valence-corrected chi connectivity index (χ3v) is 3.87. The van der Waals surface area contributed by atoms with Crippen molar-refractivity contribution in [3.63, 3.8) is 0 Å². The molecule has 0 aliphatic rings. The van der Waals surface area contributed by atoms with Gasteiger partial charge in [-0.2, -0.15) is 0 Å². The van der Waals surface area contributed by atoms with Crippen LogP contribution in [0, 0.1) is 11.6 Å². The lowest BCUT2D eigenvalue weighted by atomic mass is 10.2. The largest absolute Gasteiger partial charge is 0.346 e. The minimum Gasteiger partial charge on any atom is -0.346 e. The molecule has 5 nitrogen and oxygen atoms in total. The van der Waals surface area contributed by atoms with Crippen LogP contribution in [-0.2, 0) is 6.54 Å². The molecule has 1 N–H and O–H groups in total. The Morgan fingerprint density at radius 2 is 2.00 bits per heavy atom. The summed E-state index contributed by atoms with van der Waals surface area (Å²) in [7, 11) is 0. The number of carbonyl (C=O) groups is 1. The van der Waals surface area contributed by atoms with Crippen LogP contribution in [0.5, 0.6) is 0 Å². The SMILES string of the molecule is O=C(NCc1c(F)cccc1F)c1csc(-c2cnccn2)n1. The summed E-state index contributed by atoms with van der Waals surface area (Å²) in [5.74, 6) is -1.92. The highest BCUT2D eigenvalue weighted by molar-refractivity contribution is 7.13. The molecule has 0 atom stereocenters. The number of hydrogen-bond acceptors (Lipinski definition) is 5. The molecule has 8 heteroatoms. The van der Waals surface area contributed by atoms with Gasteiger partial charge in [-0.3, -0.25) is 14.8 Å². The molecule has 0 aliphatic heterocycles. The number of thiazole rings is 1. The molecular weight excluding hydrogens is 322 g/mol. The van der Waals surface area contributed by atoms with E-state index in [1.807, 2.05) is 0 Å². The molecule has 3 rings (SSSR count). The van der Waals surface area contributed by atoms with Crippen LogP contribution in [-0.4, -0.2) is 20.9 Å². The second-order valence-electron chi connectivity index (χ2n) is 4.51. The molecule has 0 saturated heterocycles. The van der Waals surface area contributed by atoms with E-state index < -0.39 is 17.5 Å². The molecule has 3 aromatic rings. The van der Waals surface area contributed by atoms with Crippen LogP contribution in [0.25, 0.3) is 10.7 Å². The van der Waals surface area contributed by atoms with Crippen molar-refractivity contribution in [2.24, 2.45) is 0 Å². The number of halogens is 2. The Morgan fingerprint density at radius 1 is 1.22 bits per heavy atom. The standard InChI is InChI=1S/C15H10F2N4OS/c16-10-2-1-3-11(17)9(10)6-20-14(22)13-8-23-15(21-13)12-7-18-4-5-19-12/h1-5,7-8H,6H2,(H,20,22). The first-order valence-corrected chi connectivity index (χ1v) is 7.46. The number of carbonyl (C=O) groups excluding carboxylic acids is 1. The fourth-order valence-corrected chi connectivity index (χ4v) is 2.63. The van der Waals surface area contributed by atoms with Gasteiger partial charge in [0.2, 0.25) is 0 Å². The van der Waals surface area contributed by atoms with Crippen molar-refractivity contribution in [3.05, 3.63) is 65.1 Å². The van der Waals surface area contributed by atoms with E-state index in [4.69, 9.17) is 0 Å². The van der Waals surface area contributed by atoms with Crippen LogP contribution in [0.3, 0.4) is 0 Å². The molecule has 0 unspecified atom stereocenters. The summed E-state index contributed by atoms with van der Waals surface area (Å²) < 4.78 is 27.0. The van der Waals surface area contributed by atoms with Crippen LogP contribution in [0.15, 0.2) is 42.2 Å². The first kappa shape index (κ1) is 15.2. The molecule has 1 amide bonds. The number of nitrogens with zero attached hydrogens (tertiary/aromatic N) is 3. The van der Waals surface area contributed by atoms with Crippen LogP contribution < -0.4 is 5.32 Å². The zero-order valence-electron chi connectivity index (χ0n) is 11.7. The molecule has 2 heterocycles.